The molecule has 2 atom stereocenters. The van der Waals surface area contributed by atoms with E-state index < -0.39 is 11.0 Å². The first-order valence-corrected chi connectivity index (χ1v) is 5.12. The Morgan fingerprint density at radius 1 is 1.47 bits per heavy atom. The molecule has 3 heteroatoms. The van der Waals surface area contributed by atoms with E-state index in [2.05, 4.69) is 0 Å². The van der Waals surface area contributed by atoms with Gasteiger partial charge in [0.05, 0.1) is 5.41 Å². The van der Waals surface area contributed by atoms with Crippen LogP contribution in [-0.2, 0) is 15.7 Å². The van der Waals surface area contributed by atoms with Gasteiger partial charge in [0, 0.05) is 18.3 Å². The molecule has 1 aliphatic carbocycles. The van der Waals surface area contributed by atoms with E-state index in [4.69, 9.17) is 0 Å². The average Bonchev–Trinajstić information content (AvgIpc) is 2.62. The Morgan fingerprint density at radius 2 is 2.20 bits per heavy atom. The number of ketones is 1. The van der Waals surface area contributed by atoms with Crippen LogP contribution in [0.5, 0.6) is 0 Å². The Bertz CT molecular complexity index is 499. The number of rotatable bonds is 0. The third kappa shape index (κ3) is 0.761. The molecule has 0 spiro atoms. The summed E-state index contributed by atoms with van der Waals surface area (Å²) >= 11 is 0. The van der Waals surface area contributed by atoms with Crippen molar-refractivity contribution in [1.29, 1.82) is 0 Å². The molecule has 3 aliphatic rings. The van der Waals surface area contributed by atoms with Crippen molar-refractivity contribution in [2.75, 3.05) is 0 Å². The lowest BCUT2D eigenvalue weighted by molar-refractivity contribution is -0.129. The maximum Gasteiger partial charge on any atom is 0.163 e. The monoisotopic (exact) mass is 203 g/mol. The van der Waals surface area contributed by atoms with Gasteiger partial charge >= 0.3 is 0 Å². The Kier molecular flexibility index (Phi) is 1.28. The molecule has 0 saturated heterocycles. The van der Waals surface area contributed by atoms with Gasteiger partial charge < -0.3 is 9.67 Å². The molecule has 78 valence electrons. The summed E-state index contributed by atoms with van der Waals surface area (Å²) in [6, 6.07) is 3.91. The van der Waals surface area contributed by atoms with Gasteiger partial charge in [0.2, 0.25) is 0 Å². The van der Waals surface area contributed by atoms with Crippen LogP contribution >= 0.6 is 0 Å². The van der Waals surface area contributed by atoms with E-state index in [1.54, 1.807) is 6.08 Å². The molecule has 2 aliphatic heterocycles. The highest BCUT2D eigenvalue weighted by Crippen LogP contribution is 2.49. The van der Waals surface area contributed by atoms with Gasteiger partial charge in [-0.2, -0.15) is 0 Å². The van der Waals surface area contributed by atoms with Crippen LogP contribution in [0.2, 0.25) is 0 Å². The molecule has 0 amide bonds. The first kappa shape index (κ1) is 8.77. The smallest absolute Gasteiger partial charge is 0.163 e. The standard InChI is InChI=1S/C12H13NO2/c1-11-6-10(15)12(2,7-9(11)14)13-5-3-4-8(11)13/h3-5,7,14H,6H2,1-2H3. The fraction of sp³-hybridized carbons (Fsp3) is 0.417. The Balaban J connectivity index is 2.41. The fourth-order valence-electron chi connectivity index (χ4n) is 2.76. The van der Waals surface area contributed by atoms with Gasteiger partial charge in [0.1, 0.15) is 11.3 Å². The summed E-state index contributed by atoms with van der Waals surface area (Å²) in [7, 11) is 0. The number of allylic oxidation sites excluding steroid dienone is 2. The number of hydrogen-bond acceptors (Lipinski definition) is 2. The number of aliphatic hydroxyl groups is 1. The molecule has 3 nitrogen and oxygen atoms in total. The van der Waals surface area contributed by atoms with Gasteiger partial charge in [0.25, 0.3) is 0 Å². The van der Waals surface area contributed by atoms with E-state index in [1.165, 1.54) is 0 Å². The lowest BCUT2D eigenvalue weighted by Gasteiger charge is -2.47. The van der Waals surface area contributed by atoms with Gasteiger partial charge in [-0.1, -0.05) is 0 Å². The number of fused-ring (bicyclic) bond motifs is 1. The lowest BCUT2D eigenvalue weighted by atomic mass is 9.66. The number of carbonyl (C=O) groups excluding carboxylic acids is 1. The summed E-state index contributed by atoms with van der Waals surface area (Å²) in [4.78, 5) is 12.0. The van der Waals surface area contributed by atoms with Gasteiger partial charge in [-0.05, 0) is 32.1 Å². The first-order chi connectivity index (χ1) is 6.98. The number of aromatic nitrogens is 1. The fourth-order valence-corrected chi connectivity index (χ4v) is 2.76. The molecular weight excluding hydrogens is 190 g/mol. The van der Waals surface area contributed by atoms with Crippen molar-refractivity contribution in [3.63, 3.8) is 0 Å². The molecule has 3 heterocycles. The normalized spacial score (nSPS) is 37.7. The van der Waals surface area contributed by atoms with Crippen LogP contribution in [0.4, 0.5) is 0 Å². The third-order valence-electron chi connectivity index (χ3n) is 3.88. The first-order valence-electron chi connectivity index (χ1n) is 5.12. The van der Waals surface area contributed by atoms with E-state index in [0.29, 0.717) is 12.2 Å². The molecule has 0 fully saturated rings. The average molecular weight is 203 g/mol. The molecule has 1 aromatic rings. The highest BCUT2D eigenvalue weighted by atomic mass is 16.3. The zero-order chi connectivity index (χ0) is 10.8. The van der Waals surface area contributed by atoms with Gasteiger partial charge in [-0.25, -0.2) is 0 Å². The summed E-state index contributed by atoms with van der Waals surface area (Å²) in [5.41, 5.74) is -0.163. The number of nitrogens with zero attached hydrogens (tertiary/aromatic N) is 1. The number of aliphatic hydroxyl groups excluding tert-OH is 1. The molecule has 2 unspecified atom stereocenters. The largest absolute Gasteiger partial charge is 0.512 e. The summed E-state index contributed by atoms with van der Waals surface area (Å²) in [6.45, 7) is 3.77. The van der Waals surface area contributed by atoms with E-state index in [-0.39, 0.29) is 5.78 Å². The highest BCUT2D eigenvalue weighted by Gasteiger charge is 2.53. The van der Waals surface area contributed by atoms with Gasteiger partial charge in [0.15, 0.2) is 5.78 Å². The summed E-state index contributed by atoms with van der Waals surface area (Å²) in [6.07, 6.45) is 4.00. The van der Waals surface area contributed by atoms with E-state index in [1.807, 2.05) is 36.7 Å². The predicted molar refractivity (Wildman–Crippen MR) is 55.8 cm³/mol. The van der Waals surface area contributed by atoms with Crippen molar-refractivity contribution >= 4 is 5.78 Å². The van der Waals surface area contributed by atoms with Crippen LogP contribution in [0.15, 0.2) is 30.2 Å². The van der Waals surface area contributed by atoms with E-state index >= 15 is 0 Å². The van der Waals surface area contributed by atoms with Gasteiger partial charge in [-0.15, -0.1) is 0 Å². The molecule has 1 aromatic heterocycles. The minimum atomic E-state index is -0.680. The maximum atomic E-state index is 12.0. The number of Topliss-reactive ketones (excluding diaryl/α,β-unsaturated/α-hetero) is 1. The van der Waals surface area contributed by atoms with Crippen molar-refractivity contribution in [3.05, 3.63) is 35.9 Å². The summed E-state index contributed by atoms with van der Waals surface area (Å²) < 4.78 is 1.97. The van der Waals surface area contributed by atoms with E-state index in [0.717, 1.165) is 5.69 Å². The van der Waals surface area contributed by atoms with Gasteiger partial charge in [-0.3, -0.25) is 4.79 Å². The summed E-state index contributed by atoms with van der Waals surface area (Å²) in [5, 5.41) is 10.0. The Morgan fingerprint density at radius 3 is 2.93 bits per heavy atom. The van der Waals surface area contributed by atoms with Crippen LogP contribution in [0.25, 0.3) is 0 Å². The molecule has 1 N–H and O–H groups in total. The summed E-state index contributed by atoms with van der Waals surface area (Å²) in [5.74, 6) is 0.502. The van der Waals surface area contributed by atoms with Crippen molar-refractivity contribution in [2.45, 2.75) is 31.2 Å². The minimum absolute atomic E-state index is 0.173. The quantitative estimate of drug-likeness (QED) is 0.699. The molecule has 0 saturated carbocycles. The Hall–Kier alpha value is -1.51. The molecule has 2 bridgehead atoms. The number of hydrogen-bond donors (Lipinski definition) is 1. The Labute approximate surface area is 88.0 Å². The zero-order valence-corrected chi connectivity index (χ0v) is 8.82. The zero-order valence-electron chi connectivity index (χ0n) is 8.82. The molecule has 0 radical (unpaired) electrons. The molecule has 15 heavy (non-hydrogen) atoms. The third-order valence-corrected chi connectivity index (χ3v) is 3.88. The molecule has 0 aromatic carbocycles. The molecule has 4 rings (SSSR count). The van der Waals surface area contributed by atoms with Crippen LogP contribution in [0, 0.1) is 0 Å². The highest BCUT2D eigenvalue weighted by molar-refractivity contribution is 5.93. The van der Waals surface area contributed by atoms with Crippen LogP contribution in [0.1, 0.15) is 26.0 Å². The van der Waals surface area contributed by atoms with Crippen LogP contribution in [-0.4, -0.2) is 15.5 Å². The van der Waals surface area contributed by atoms with Crippen molar-refractivity contribution in [3.8, 4) is 0 Å². The topological polar surface area (TPSA) is 42.2 Å². The van der Waals surface area contributed by atoms with Crippen molar-refractivity contribution in [1.82, 2.24) is 4.57 Å². The van der Waals surface area contributed by atoms with Crippen LogP contribution in [0.3, 0.4) is 0 Å². The van der Waals surface area contributed by atoms with E-state index in [9.17, 15) is 9.90 Å². The SMILES string of the molecule is CC12CC(=O)C(C)(C=C1O)n1cccc12. The number of carbonyl (C=O) groups is 1. The van der Waals surface area contributed by atoms with Crippen molar-refractivity contribution in [2.24, 2.45) is 0 Å². The minimum Gasteiger partial charge on any atom is -0.512 e. The van der Waals surface area contributed by atoms with Crippen molar-refractivity contribution < 1.29 is 9.90 Å². The second kappa shape index (κ2) is 2.18. The second-order valence-electron chi connectivity index (χ2n) is 4.87. The van der Waals surface area contributed by atoms with Crippen LogP contribution < -0.4 is 0 Å². The lowest BCUT2D eigenvalue weighted by Crippen LogP contribution is -2.53. The maximum absolute atomic E-state index is 12.0. The molecular formula is C12H13NO2. The predicted octanol–water partition coefficient (Wildman–Crippen LogP) is 1.89. The second-order valence-corrected chi connectivity index (χ2v) is 4.87.